The van der Waals surface area contributed by atoms with E-state index < -0.39 is 5.60 Å². The van der Waals surface area contributed by atoms with Crippen LogP contribution in [0.2, 0.25) is 0 Å². The molecule has 1 amide bonds. The first-order valence-corrected chi connectivity index (χ1v) is 8.76. The number of fused-ring (bicyclic) bond motifs is 1. The average Bonchev–Trinajstić information content (AvgIpc) is 2.65. The molecule has 0 aromatic heterocycles. The maximum Gasteiger partial charge on any atom is 0.252 e. The molecule has 0 spiro atoms. The lowest BCUT2D eigenvalue weighted by Gasteiger charge is -2.38. The predicted molar refractivity (Wildman–Crippen MR) is 102 cm³/mol. The van der Waals surface area contributed by atoms with Crippen LogP contribution in [0.15, 0.2) is 36.4 Å². The Hall–Kier alpha value is -2.89. The maximum absolute atomic E-state index is 12.9. The minimum Gasteiger partial charge on any atom is -0.497 e. The van der Waals surface area contributed by atoms with Crippen LogP contribution in [-0.2, 0) is 0 Å². The minimum absolute atomic E-state index is 0.181. The normalized spacial score (nSPS) is 17.3. The Bertz CT molecular complexity index is 824. The third-order valence-electron chi connectivity index (χ3n) is 4.60. The lowest BCUT2D eigenvalue weighted by Crippen LogP contribution is -2.41. The van der Waals surface area contributed by atoms with E-state index in [0.29, 0.717) is 29.2 Å². The van der Waals surface area contributed by atoms with Gasteiger partial charge in [-0.25, -0.2) is 0 Å². The van der Waals surface area contributed by atoms with Crippen molar-refractivity contribution < 1.29 is 23.7 Å². The number of hydrogen-bond acceptors (Lipinski definition) is 5. The number of methoxy groups -OCH3 is 3. The highest BCUT2D eigenvalue weighted by Gasteiger charge is 2.35. The molecule has 1 aliphatic heterocycles. The van der Waals surface area contributed by atoms with Crippen molar-refractivity contribution >= 4 is 5.91 Å². The van der Waals surface area contributed by atoms with E-state index in [4.69, 9.17) is 18.9 Å². The van der Waals surface area contributed by atoms with Gasteiger partial charge in [0.05, 0.1) is 27.4 Å². The first-order chi connectivity index (χ1) is 12.8. The van der Waals surface area contributed by atoms with Gasteiger partial charge in [-0.1, -0.05) is 0 Å². The summed E-state index contributed by atoms with van der Waals surface area (Å²) in [7, 11) is 4.73. The van der Waals surface area contributed by atoms with Crippen molar-refractivity contribution in [3.8, 4) is 23.0 Å². The number of amides is 1. The molecule has 1 aliphatic rings. The Labute approximate surface area is 159 Å². The second-order valence-corrected chi connectivity index (χ2v) is 7.10. The summed E-state index contributed by atoms with van der Waals surface area (Å²) in [6.45, 7) is 4.01. The zero-order valence-electron chi connectivity index (χ0n) is 16.3. The number of carbonyl (C=O) groups is 1. The molecule has 0 saturated heterocycles. The number of benzene rings is 2. The fraction of sp³-hybridized carbons (Fsp3) is 0.381. The Morgan fingerprint density at radius 3 is 2.22 bits per heavy atom. The molecule has 1 atom stereocenters. The number of nitrogens with one attached hydrogen (secondary N) is 1. The van der Waals surface area contributed by atoms with E-state index in [1.165, 1.54) is 0 Å². The van der Waals surface area contributed by atoms with E-state index in [-0.39, 0.29) is 11.9 Å². The van der Waals surface area contributed by atoms with E-state index >= 15 is 0 Å². The van der Waals surface area contributed by atoms with Crippen molar-refractivity contribution in [1.82, 2.24) is 5.32 Å². The Balaban J connectivity index is 1.90. The van der Waals surface area contributed by atoms with Crippen LogP contribution in [0.3, 0.4) is 0 Å². The summed E-state index contributed by atoms with van der Waals surface area (Å²) < 4.78 is 21.9. The average molecular weight is 371 g/mol. The van der Waals surface area contributed by atoms with E-state index in [9.17, 15) is 4.79 Å². The molecule has 1 heterocycles. The summed E-state index contributed by atoms with van der Waals surface area (Å²) in [6.07, 6.45) is 0.652. The highest BCUT2D eigenvalue weighted by molar-refractivity contribution is 5.95. The summed E-state index contributed by atoms with van der Waals surface area (Å²) in [5, 5.41) is 3.12. The monoisotopic (exact) mass is 371 g/mol. The Morgan fingerprint density at radius 1 is 1.00 bits per heavy atom. The first-order valence-electron chi connectivity index (χ1n) is 8.76. The van der Waals surface area contributed by atoms with Crippen molar-refractivity contribution in [1.29, 1.82) is 0 Å². The Kier molecular flexibility index (Phi) is 5.17. The third kappa shape index (κ3) is 4.10. The van der Waals surface area contributed by atoms with Gasteiger partial charge in [0.25, 0.3) is 5.91 Å². The van der Waals surface area contributed by atoms with Gasteiger partial charge in [-0.2, -0.15) is 0 Å². The highest BCUT2D eigenvalue weighted by Crippen LogP contribution is 2.41. The van der Waals surface area contributed by atoms with E-state index in [0.717, 1.165) is 11.3 Å². The predicted octanol–water partition coefficient (Wildman–Crippen LogP) is 3.74. The summed E-state index contributed by atoms with van der Waals surface area (Å²) in [5.74, 6) is 2.37. The standard InChI is InChI=1S/C21H25NO5/c1-21(2)12-18(17-7-6-14(24-3)11-19(17)27-21)22-20(23)13-8-15(25-4)10-16(9-13)26-5/h6-11,18H,12H2,1-5H3,(H,22,23)/t18-/m0/s1. The van der Waals surface area contributed by atoms with Crippen molar-refractivity contribution in [2.24, 2.45) is 0 Å². The van der Waals surface area contributed by atoms with Crippen LogP contribution in [0.4, 0.5) is 0 Å². The molecule has 0 aliphatic carbocycles. The van der Waals surface area contributed by atoms with Crippen molar-refractivity contribution in [2.45, 2.75) is 31.9 Å². The quantitative estimate of drug-likeness (QED) is 0.867. The minimum atomic E-state index is -0.413. The summed E-state index contributed by atoms with van der Waals surface area (Å²) in [6, 6.07) is 10.6. The fourth-order valence-electron chi connectivity index (χ4n) is 3.27. The number of rotatable bonds is 5. The zero-order chi connectivity index (χ0) is 19.6. The summed E-state index contributed by atoms with van der Waals surface area (Å²) in [5.41, 5.74) is 0.993. The second-order valence-electron chi connectivity index (χ2n) is 7.10. The zero-order valence-corrected chi connectivity index (χ0v) is 16.3. The first kappa shape index (κ1) is 18.9. The molecule has 6 nitrogen and oxygen atoms in total. The molecule has 0 bridgehead atoms. The molecule has 6 heteroatoms. The fourth-order valence-corrected chi connectivity index (χ4v) is 3.27. The van der Waals surface area contributed by atoms with Crippen LogP contribution in [-0.4, -0.2) is 32.8 Å². The van der Waals surface area contributed by atoms with Crippen molar-refractivity contribution in [2.75, 3.05) is 21.3 Å². The van der Waals surface area contributed by atoms with Gasteiger partial charge >= 0.3 is 0 Å². The molecule has 0 radical (unpaired) electrons. The van der Waals surface area contributed by atoms with Crippen molar-refractivity contribution in [3.05, 3.63) is 47.5 Å². The van der Waals surface area contributed by atoms with Gasteiger partial charge in [0.2, 0.25) is 0 Å². The van der Waals surface area contributed by atoms with Gasteiger partial charge in [0.15, 0.2) is 0 Å². The van der Waals surface area contributed by atoms with Crippen LogP contribution in [0.5, 0.6) is 23.0 Å². The van der Waals surface area contributed by atoms with Gasteiger partial charge in [-0.3, -0.25) is 4.79 Å². The number of carbonyl (C=O) groups excluding carboxylic acids is 1. The van der Waals surface area contributed by atoms with Gasteiger partial charge in [-0.05, 0) is 38.1 Å². The highest BCUT2D eigenvalue weighted by atomic mass is 16.5. The van der Waals surface area contributed by atoms with Crippen LogP contribution in [0, 0.1) is 0 Å². The molecule has 0 unspecified atom stereocenters. The molecular weight excluding hydrogens is 346 g/mol. The van der Waals surface area contributed by atoms with Crippen LogP contribution in [0.1, 0.15) is 42.2 Å². The maximum atomic E-state index is 12.9. The number of hydrogen-bond donors (Lipinski definition) is 1. The third-order valence-corrected chi connectivity index (χ3v) is 4.60. The largest absolute Gasteiger partial charge is 0.497 e. The summed E-state index contributed by atoms with van der Waals surface area (Å²) in [4.78, 5) is 12.9. The molecule has 144 valence electrons. The molecule has 0 fully saturated rings. The van der Waals surface area contributed by atoms with Crippen LogP contribution < -0.4 is 24.3 Å². The van der Waals surface area contributed by atoms with Crippen molar-refractivity contribution in [3.63, 3.8) is 0 Å². The Morgan fingerprint density at radius 2 is 1.63 bits per heavy atom. The van der Waals surface area contributed by atoms with Gasteiger partial charge < -0.3 is 24.3 Å². The molecule has 3 rings (SSSR count). The van der Waals surface area contributed by atoms with E-state index in [1.54, 1.807) is 39.5 Å². The summed E-state index contributed by atoms with van der Waals surface area (Å²) >= 11 is 0. The molecule has 2 aromatic rings. The molecule has 0 saturated carbocycles. The lowest BCUT2D eigenvalue weighted by molar-refractivity contribution is 0.0617. The molecule has 1 N–H and O–H groups in total. The molecule has 27 heavy (non-hydrogen) atoms. The van der Waals surface area contributed by atoms with Gasteiger partial charge in [0.1, 0.15) is 28.6 Å². The van der Waals surface area contributed by atoms with Gasteiger partial charge in [-0.15, -0.1) is 0 Å². The van der Waals surface area contributed by atoms with Gasteiger partial charge in [0, 0.05) is 29.7 Å². The second kappa shape index (κ2) is 7.39. The van der Waals surface area contributed by atoms with E-state index in [2.05, 4.69) is 5.32 Å². The topological polar surface area (TPSA) is 66.0 Å². The van der Waals surface area contributed by atoms with Crippen LogP contribution >= 0.6 is 0 Å². The van der Waals surface area contributed by atoms with E-state index in [1.807, 2.05) is 32.0 Å². The SMILES string of the molecule is COc1cc(OC)cc(C(=O)N[C@H]2CC(C)(C)Oc3cc(OC)ccc32)c1. The molecule has 2 aromatic carbocycles. The lowest BCUT2D eigenvalue weighted by atomic mass is 9.89. The van der Waals surface area contributed by atoms with Crippen LogP contribution in [0.25, 0.3) is 0 Å². The molecular formula is C21H25NO5. The smallest absolute Gasteiger partial charge is 0.252 e. The number of ether oxygens (including phenoxy) is 4.